The maximum Gasteiger partial charge on any atom is 0.255 e. The molecule has 11 heteroatoms. The lowest BCUT2D eigenvalue weighted by Crippen LogP contribution is -2.19. The third-order valence-electron chi connectivity index (χ3n) is 6.30. The van der Waals surface area contributed by atoms with Crippen LogP contribution < -0.4 is 20.1 Å². The van der Waals surface area contributed by atoms with Crippen LogP contribution in [0.5, 0.6) is 11.5 Å². The Bertz CT molecular complexity index is 1750. The molecule has 0 spiro atoms. The highest BCUT2D eigenvalue weighted by Gasteiger charge is 2.23. The van der Waals surface area contributed by atoms with Gasteiger partial charge in [0.05, 0.1) is 30.0 Å². The van der Waals surface area contributed by atoms with E-state index >= 15 is 0 Å². The van der Waals surface area contributed by atoms with E-state index in [1.165, 1.54) is 37.3 Å². The molecule has 218 valence electrons. The summed E-state index contributed by atoms with van der Waals surface area (Å²) in [4.78, 5) is 31.8. The Morgan fingerprint density at radius 2 is 1.58 bits per heavy atom. The van der Waals surface area contributed by atoms with E-state index in [1.54, 1.807) is 42.5 Å². The predicted molar refractivity (Wildman–Crippen MR) is 175 cm³/mol. The second-order valence-electron chi connectivity index (χ2n) is 9.11. The maximum atomic E-state index is 13.5. The van der Waals surface area contributed by atoms with Crippen LogP contribution in [0.4, 0.5) is 10.8 Å². The second-order valence-corrected chi connectivity index (χ2v) is 12.0. The minimum Gasteiger partial charge on any atom is -0.493 e. The van der Waals surface area contributed by atoms with E-state index in [0.717, 1.165) is 16.0 Å². The van der Waals surface area contributed by atoms with E-state index in [-0.39, 0.29) is 11.8 Å². The van der Waals surface area contributed by atoms with E-state index in [0.29, 0.717) is 43.6 Å². The van der Waals surface area contributed by atoms with Crippen molar-refractivity contribution in [2.45, 2.75) is 10.1 Å². The predicted octanol–water partition coefficient (Wildman–Crippen LogP) is 8.86. The molecule has 5 aromatic rings. The normalized spacial score (nSPS) is 11.4. The molecule has 0 aliphatic carbocycles. The number of amides is 2. The zero-order chi connectivity index (χ0) is 30.3. The molecule has 4 aromatic carbocycles. The first-order valence-electron chi connectivity index (χ1n) is 12.9. The van der Waals surface area contributed by atoms with Crippen molar-refractivity contribution in [1.82, 2.24) is 4.98 Å². The number of rotatable bonds is 10. The van der Waals surface area contributed by atoms with E-state index in [4.69, 9.17) is 32.7 Å². The van der Waals surface area contributed by atoms with Crippen LogP contribution in [0.15, 0.2) is 101 Å². The number of hydrogen-bond donors (Lipinski definition) is 2. The van der Waals surface area contributed by atoms with E-state index in [2.05, 4.69) is 15.6 Å². The van der Waals surface area contributed by atoms with Gasteiger partial charge in [0, 0.05) is 27.1 Å². The van der Waals surface area contributed by atoms with E-state index < -0.39 is 5.25 Å². The zero-order valence-corrected chi connectivity index (χ0v) is 26.1. The summed E-state index contributed by atoms with van der Waals surface area (Å²) in [5.41, 5.74) is 3.38. The molecule has 7 nitrogen and oxygen atoms in total. The average molecular weight is 651 g/mol. The number of nitrogens with one attached hydrogen (secondary N) is 2. The number of thiazole rings is 1. The molecule has 0 aliphatic heterocycles. The number of methoxy groups -OCH3 is 2. The summed E-state index contributed by atoms with van der Waals surface area (Å²) in [7, 11) is 3.06. The molecule has 0 saturated heterocycles. The fourth-order valence-corrected chi connectivity index (χ4v) is 6.17. The van der Waals surface area contributed by atoms with Gasteiger partial charge in [0.15, 0.2) is 16.6 Å². The third-order valence-corrected chi connectivity index (χ3v) is 9.07. The lowest BCUT2D eigenvalue weighted by atomic mass is 10.1. The molecule has 0 fully saturated rings. The summed E-state index contributed by atoms with van der Waals surface area (Å²) in [6.07, 6.45) is 0. The van der Waals surface area contributed by atoms with Gasteiger partial charge in [-0.2, -0.15) is 0 Å². The Hall–Kier alpha value is -4.02. The summed E-state index contributed by atoms with van der Waals surface area (Å²) in [6, 6.07) is 27.1. The number of nitrogens with zero attached hydrogens (tertiary/aromatic N) is 1. The number of anilines is 2. The van der Waals surface area contributed by atoms with Crippen molar-refractivity contribution in [3.63, 3.8) is 0 Å². The summed E-state index contributed by atoms with van der Waals surface area (Å²) >= 11 is 14.9. The van der Waals surface area contributed by atoms with Gasteiger partial charge in [-0.1, -0.05) is 59.6 Å². The maximum absolute atomic E-state index is 13.5. The molecule has 0 saturated carbocycles. The molecule has 43 heavy (non-hydrogen) atoms. The Kier molecular flexibility index (Phi) is 9.89. The molecule has 1 heterocycles. The van der Waals surface area contributed by atoms with Gasteiger partial charge in [0.1, 0.15) is 5.25 Å². The van der Waals surface area contributed by atoms with Crippen LogP contribution in [0.1, 0.15) is 21.2 Å². The van der Waals surface area contributed by atoms with Crippen LogP contribution >= 0.6 is 46.3 Å². The number of thioether (sulfide) groups is 1. The first-order valence-corrected chi connectivity index (χ1v) is 15.4. The summed E-state index contributed by atoms with van der Waals surface area (Å²) < 4.78 is 10.5. The second kappa shape index (κ2) is 14.0. The van der Waals surface area contributed by atoms with Gasteiger partial charge in [-0.05, 0) is 60.2 Å². The van der Waals surface area contributed by atoms with Crippen molar-refractivity contribution in [1.29, 1.82) is 0 Å². The Balaban J connectivity index is 1.29. The molecule has 2 amide bonds. The van der Waals surface area contributed by atoms with Crippen LogP contribution in [0.25, 0.3) is 11.3 Å². The molecule has 1 atom stereocenters. The number of hydrogen-bond acceptors (Lipinski definition) is 7. The third kappa shape index (κ3) is 7.50. The summed E-state index contributed by atoms with van der Waals surface area (Å²) in [6.45, 7) is 0. The number of benzene rings is 4. The van der Waals surface area contributed by atoms with Crippen molar-refractivity contribution in [2.24, 2.45) is 0 Å². The van der Waals surface area contributed by atoms with Crippen molar-refractivity contribution in [3.05, 3.63) is 118 Å². The SMILES string of the molecule is COc1ccc(C(=O)Nc2ccc(SC(C(=O)Nc3nc(-c4ccc(Cl)c(Cl)c4)cs3)c3ccccc3)cc2)cc1OC. The Labute approximate surface area is 267 Å². The largest absolute Gasteiger partial charge is 0.493 e. The average Bonchev–Trinajstić information content (AvgIpc) is 3.50. The van der Waals surface area contributed by atoms with Crippen LogP contribution in [0.2, 0.25) is 10.0 Å². The van der Waals surface area contributed by atoms with Crippen LogP contribution in [0, 0.1) is 0 Å². The van der Waals surface area contributed by atoms with Crippen LogP contribution in [-0.2, 0) is 4.79 Å². The highest BCUT2D eigenvalue weighted by Crippen LogP contribution is 2.38. The van der Waals surface area contributed by atoms with Crippen LogP contribution in [0.3, 0.4) is 0 Å². The van der Waals surface area contributed by atoms with Crippen molar-refractivity contribution < 1.29 is 19.1 Å². The van der Waals surface area contributed by atoms with Gasteiger partial charge in [-0.15, -0.1) is 23.1 Å². The molecule has 2 N–H and O–H groups in total. The quantitative estimate of drug-likeness (QED) is 0.147. The van der Waals surface area contributed by atoms with Crippen LogP contribution in [-0.4, -0.2) is 31.0 Å². The highest BCUT2D eigenvalue weighted by atomic mass is 35.5. The van der Waals surface area contributed by atoms with Gasteiger partial charge in [0.25, 0.3) is 5.91 Å². The molecular weight excluding hydrogens is 625 g/mol. The van der Waals surface area contributed by atoms with Crippen molar-refractivity contribution >= 4 is 68.9 Å². The zero-order valence-electron chi connectivity index (χ0n) is 23.0. The number of aromatic nitrogens is 1. The first-order chi connectivity index (χ1) is 20.8. The fraction of sp³-hybridized carbons (Fsp3) is 0.0938. The van der Waals surface area contributed by atoms with Gasteiger partial charge < -0.3 is 20.1 Å². The Morgan fingerprint density at radius 3 is 2.28 bits per heavy atom. The van der Waals surface area contributed by atoms with Crippen molar-refractivity contribution in [2.75, 3.05) is 24.9 Å². The smallest absolute Gasteiger partial charge is 0.255 e. The molecule has 0 bridgehead atoms. The topological polar surface area (TPSA) is 89.5 Å². The van der Waals surface area contributed by atoms with Gasteiger partial charge in [0.2, 0.25) is 5.91 Å². The van der Waals surface area contributed by atoms with Gasteiger partial charge in [-0.25, -0.2) is 4.98 Å². The van der Waals surface area contributed by atoms with E-state index in [9.17, 15) is 9.59 Å². The summed E-state index contributed by atoms with van der Waals surface area (Å²) in [5, 5.41) is 8.53. The molecule has 0 radical (unpaired) electrons. The Morgan fingerprint density at radius 1 is 0.837 bits per heavy atom. The standard InChI is InChI=1S/C32H25Cl2N3O4S2/c1-40-27-15-9-21(17-28(27)41-2)30(38)35-22-10-12-23(13-11-22)43-29(19-6-4-3-5-7-19)31(39)37-32-36-26(18-42-32)20-8-14-24(33)25(34)16-20/h3-18,29H,1-2H3,(H,35,38)(H,36,37,39). The summed E-state index contributed by atoms with van der Waals surface area (Å²) in [5.74, 6) is 0.512. The lowest BCUT2D eigenvalue weighted by Gasteiger charge is -2.16. The molecule has 1 unspecified atom stereocenters. The van der Waals surface area contributed by atoms with Crippen molar-refractivity contribution in [3.8, 4) is 22.8 Å². The molecule has 1 aromatic heterocycles. The monoisotopic (exact) mass is 649 g/mol. The minimum absolute atomic E-state index is 0.211. The number of carbonyl (C=O) groups excluding carboxylic acids is 2. The van der Waals surface area contributed by atoms with Gasteiger partial charge >= 0.3 is 0 Å². The fourth-order valence-electron chi connectivity index (χ4n) is 4.12. The number of halogens is 2. The number of carbonyl (C=O) groups is 2. The minimum atomic E-state index is -0.550. The molecule has 5 rings (SSSR count). The molecule has 0 aliphatic rings. The highest BCUT2D eigenvalue weighted by molar-refractivity contribution is 8.00. The first kappa shape index (κ1) is 30.4. The number of ether oxygens (including phenoxy) is 2. The lowest BCUT2D eigenvalue weighted by molar-refractivity contribution is -0.115. The van der Waals surface area contributed by atoms with E-state index in [1.807, 2.05) is 53.9 Å². The molecular formula is C32H25Cl2N3O4S2. The van der Waals surface area contributed by atoms with Gasteiger partial charge in [-0.3, -0.25) is 9.59 Å².